The van der Waals surface area contributed by atoms with Crippen LogP contribution in [-0.4, -0.2) is 66.3 Å². The molecule has 0 spiro atoms. The summed E-state index contributed by atoms with van der Waals surface area (Å²) in [5.41, 5.74) is 0.421. The Hall–Kier alpha value is -2.48. The average molecular weight is 393 g/mol. The van der Waals surface area contributed by atoms with Crippen molar-refractivity contribution in [2.24, 2.45) is 5.92 Å². The molecule has 8 heteroatoms. The van der Waals surface area contributed by atoms with Gasteiger partial charge in [0.1, 0.15) is 5.82 Å². The van der Waals surface area contributed by atoms with Gasteiger partial charge in [0.25, 0.3) is 0 Å². The zero-order valence-corrected chi connectivity index (χ0v) is 16.6. The summed E-state index contributed by atoms with van der Waals surface area (Å²) in [6.07, 6.45) is -0.453. The monoisotopic (exact) mass is 393 g/mol. The molecule has 1 aliphatic heterocycles. The fourth-order valence-electron chi connectivity index (χ4n) is 3.03. The van der Waals surface area contributed by atoms with Crippen LogP contribution < -0.4 is 5.32 Å². The van der Waals surface area contributed by atoms with E-state index in [1.807, 2.05) is 13.8 Å². The Bertz CT molecular complexity index is 710. The van der Waals surface area contributed by atoms with Crippen LogP contribution in [0.3, 0.4) is 0 Å². The summed E-state index contributed by atoms with van der Waals surface area (Å²) in [5, 5.41) is 2.46. The fraction of sp³-hybridized carbons (Fsp3) is 0.550. The summed E-state index contributed by atoms with van der Waals surface area (Å²) in [7, 11) is 0. The van der Waals surface area contributed by atoms with Crippen LogP contribution in [0.5, 0.6) is 0 Å². The van der Waals surface area contributed by atoms with Gasteiger partial charge in [-0.05, 0) is 12.0 Å². The lowest BCUT2D eigenvalue weighted by Crippen LogP contribution is -2.44. The lowest BCUT2D eigenvalue weighted by molar-refractivity contribution is -0.139. The number of hydrogen-bond acceptors (Lipinski definition) is 4. The molecule has 0 aromatic heterocycles. The van der Waals surface area contributed by atoms with Gasteiger partial charge in [0.05, 0.1) is 25.8 Å². The third-order valence-electron chi connectivity index (χ3n) is 4.39. The van der Waals surface area contributed by atoms with Crippen LogP contribution >= 0.6 is 0 Å². The first-order valence-corrected chi connectivity index (χ1v) is 9.41. The minimum atomic E-state index is -0.453. The molecule has 28 heavy (non-hydrogen) atoms. The average Bonchev–Trinajstić information content (AvgIpc) is 2.78. The van der Waals surface area contributed by atoms with E-state index in [0.29, 0.717) is 18.7 Å². The van der Waals surface area contributed by atoms with Crippen molar-refractivity contribution in [3.05, 3.63) is 35.6 Å². The van der Waals surface area contributed by atoms with Crippen molar-refractivity contribution in [2.75, 3.05) is 32.7 Å². The SMILES string of the molecule is CC(=O)NCC(=O)N1CC(=O)N(CC(C)C)CC(OCc2ccccc2F)C1. The van der Waals surface area contributed by atoms with E-state index >= 15 is 0 Å². The van der Waals surface area contributed by atoms with Crippen LogP contribution in [-0.2, 0) is 25.7 Å². The Morgan fingerprint density at radius 1 is 1.29 bits per heavy atom. The molecule has 7 nitrogen and oxygen atoms in total. The summed E-state index contributed by atoms with van der Waals surface area (Å²) < 4.78 is 19.7. The van der Waals surface area contributed by atoms with Gasteiger partial charge in [0.2, 0.25) is 17.7 Å². The highest BCUT2D eigenvalue weighted by atomic mass is 19.1. The Morgan fingerprint density at radius 3 is 2.64 bits per heavy atom. The van der Waals surface area contributed by atoms with E-state index in [2.05, 4.69) is 5.32 Å². The van der Waals surface area contributed by atoms with Gasteiger partial charge >= 0.3 is 0 Å². The molecule has 154 valence electrons. The molecule has 1 atom stereocenters. The first-order chi connectivity index (χ1) is 13.3. The van der Waals surface area contributed by atoms with Crippen molar-refractivity contribution >= 4 is 17.7 Å². The highest BCUT2D eigenvalue weighted by Gasteiger charge is 2.31. The van der Waals surface area contributed by atoms with E-state index in [1.165, 1.54) is 17.9 Å². The van der Waals surface area contributed by atoms with Crippen LogP contribution in [0.4, 0.5) is 4.39 Å². The summed E-state index contributed by atoms with van der Waals surface area (Å²) in [6.45, 7) is 6.23. The number of carbonyl (C=O) groups excluding carboxylic acids is 3. The van der Waals surface area contributed by atoms with Crippen LogP contribution in [0.25, 0.3) is 0 Å². The first kappa shape index (κ1) is 21.8. The van der Waals surface area contributed by atoms with Gasteiger partial charge < -0.3 is 19.9 Å². The standard InChI is InChI=1S/C20H28FN3O4/c1-14(2)9-23-10-17(28-13-16-6-4-5-7-18(16)21)11-24(12-20(23)27)19(26)8-22-15(3)25/h4-7,14,17H,8-13H2,1-3H3,(H,22,25). The van der Waals surface area contributed by atoms with E-state index in [9.17, 15) is 18.8 Å². The van der Waals surface area contributed by atoms with Gasteiger partial charge in [0, 0.05) is 32.1 Å². The molecule has 1 unspecified atom stereocenters. The summed E-state index contributed by atoms with van der Waals surface area (Å²) >= 11 is 0. The van der Waals surface area contributed by atoms with Crippen molar-refractivity contribution < 1.29 is 23.5 Å². The molecule has 2 rings (SSSR count). The minimum Gasteiger partial charge on any atom is -0.370 e. The second-order valence-electron chi connectivity index (χ2n) is 7.40. The molecule has 1 saturated heterocycles. The van der Waals surface area contributed by atoms with Crippen LogP contribution in [0, 0.1) is 11.7 Å². The predicted octanol–water partition coefficient (Wildman–Crippen LogP) is 1.17. The van der Waals surface area contributed by atoms with Crippen molar-refractivity contribution in [1.82, 2.24) is 15.1 Å². The van der Waals surface area contributed by atoms with Crippen LogP contribution in [0.2, 0.25) is 0 Å². The number of carbonyl (C=O) groups is 3. The van der Waals surface area contributed by atoms with Crippen molar-refractivity contribution in [3.8, 4) is 0 Å². The highest BCUT2D eigenvalue weighted by Crippen LogP contribution is 2.14. The Balaban J connectivity index is 2.10. The number of nitrogens with zero attached hydrogens (tertiary/aromatic N) is 2. The molecule has 1 heterocycles. The minimum absolute atomic E-state index is 0.0504. The molecular formula is C20H28FN3O4. The number of hydrogen-bond donors (Lipinski definition) is 1. The van der Waals surface area contributed by atoms with Crippen molar-refractivity contribution in [2.45, 2.75) is 33.5 Å². The second kappa shape index (κ2) is 10.2. The largest absolute Gasteiger partial charge is 0.370 e. The number of rotatable bonds is 7. The lowest BCUT2D eigenvalue weighted by Gasteiger charge is -2.26. The van der Waals surface area contributed by atoms with Crippen molar-refractivity contribution in [1.29, 1.82) is 0 Å². The maximum atomic E-state index is 13.9. The lowest BCUT2D eigenvalue weighted by atomic mass is 10.2. The Morgan fingerprint density at radius 2 is 2.00 bits per heavy atom. The number of nitrogens with one attached hydrogen (secondary N) is 1. The van der Waals surface area contributed by atoms with Gasteiger partial charge in [-0.15, -0.1) is 0 Å². The molecule has 1 fully saturated rings. The molecular weight excluding hydrogens is 365 g/mol. The fourth-order valence-corrected chi connectivity index (χ4v) is 3.03. The summed E-state index contributed by atoms with van der Waals surface area (Å²) in [4.78, 5) is 39.2. The molecule has 1 aliphatic rings. The first-order valence-electron chi connectivity index (χ1n) is 9.41. The number of benzene rings is 1. The molecule has 0 radical (unpaired) electrons. The quantitative estimate of drug-likeness (QED) is 0.754. The predicted molar refractivity (Wildman–Crippen MR) is 102 cm³/mol. The maximum absolute atomic E-state index is 13.9. The van der Waals surface area contributed by atoms with E-state index < -0.39 is 6.10 Å². The number of amides is 3. The van der Waals surface area contributed by atoms with Gasteiger partial charge in [-0.2, -0.15) is 0 Å². The Kier molecular flexibility index (Phi) is 7.92. The molecule has 1 aromatic rings. The maximum Gasteiger partial charge on any atom is 0.242 e. The van der Waals surface area contributed by atoms with E-state index in [1.54, 1.807) is 23.1 Å². The smallest absolute Gasteiger partial charge is 0.242 e. The van der Waals surface area contributed by atoms with Crippen molar-refractivity contribution in [3.63, 3.8) is 0 Å². The third kappa shape index (κ3) is 6.60. The summed E-state index contributed by atoms with van der Waals surface area (Å²) in [6, 6.07) is 6.34. The number of halogens is 1. The van der Waals surface area contributed by atoms with Gasteiger partial charge in [-0.3, -0.25) is 14.4 Å². The molecule has 1 aromatic carbocycles. The second-order valence-corrected chi connectivity index (χ2v) is 7.40. The molecule has 0 bridgehead atoms. The molecule has 0 aliphatic carbocycles. The summed E-state index contributed by atoms with van der Waals surface area (Å²) in [5.74, 6) is -0.929. The van der Waals surface area contributed by atoms with Gasteiger partial charge in [-0.25, -0.2) is 4.39 Å². The van der Waals surface area contributed by atoms with Gasteiger partial charge in [0.15, 0.2) is 0 Å². The normalized spacial score (nSPS) is 17.6. The van der Waals surface area contributed by atoms with Gasteiger partial charge in [-0.1, -0.05) is 32.0 Å². The zero-order valence-electron chi connectivity index (χ0n) is 16.6. The van der Waals surface area contributed by atoms with E-state index in [0.717, 1.165) is 0 Å². The third-order valence-corrected chi connectivity index (χ3v) is 4.39. The number of ether oxygens (including phenoxy) is 1. The zero-order chi connectivity index (χ0) is 20.7. The van der Waals surface area contributed by atoms with Crippen LogP contribution in [0.1, 0.15) is 26.3 Å². The van der Waals surface area contributed by atoms with Crippen LogP contribution in [0.15, 0.2) is 24.3 Å². The van der Waals surface area contributed by atoms with E-state index in [4.69, 9.17) is 4.74 Å². The molecule has 3 amide bonds. The molecule has 1 N–H and O–H groups in total. The molecule has 0 saturated carbocycles. The topological polar surface area (TPSA) is 79.0 Å². The Labute approximate surface area is 164 Å². The van der Waals surface area contributed by atoms with E-state index in [-0.39, 0.29) is 55.7 Å². The highest BCUT2D eigenvalue weighted by molar-refractivity contribution is 5.88.